The number of nitrogens with one attached hydrogen (secondary N) is 1. The fraction of sp³-hybridized carbons (Fsp3) is 0.412. The van der Waals surface area contributed by atoms with E-state index in [4.69, 9.17) is 20.3 Å². The number of hydrogen-bond donors (Lipinski definition) is 3. The zero-order chi connectivity index (χ0) is 33.8. The molecule has 4 N–H and O–H groups in total. The number of ether oxygens (including phenoxy) is 2. The molecule has 2 heterocycles. The first-order valence-electron chi connectivity index (χ1n) is 14.8. The molecule has 0 unspecified atom stereocenters. The molecule has 0 aliphatic carbocycles. The van der Waals surface area contributed by atoms with Crippen LogP contribution in [0.5, 0.6) is 11.5 Å². The van der Waals surface area contributed by atoms with Gasteiger partial charge in [-0.2, -0.15) is 10.2 Å². The first-order valence-corrected chi connectivity index (χ1v) is 14.8. The molecule has 2 aromatic carbocycles. The van der Waals surface area contributed by atoms with Crippen LogP contribution in [0.3, 0.4) is 0 Å². The lowest BCUT2D eigenvalue weighted by atomic mass is 10.1. The summed E-state index contributed by atoms with van der Waals surface area (Å²) in [4.78, 5) is 22.9. The van der Waals surface area contributed by atoms with E-state index >= 15 is 0 Å². The maximum atomic E-state index is 12.3. The Bertz CT molecular complexity index is 1550. The molecule has 0 radical (unpaired) electrons. The summed E-state index contributed by atoms with van der Waals surface area (Å²) < 4.78 is 13.4. The molecule has 0 spiro atoms. The lowest BCUT2D eigenvalue weighted by Crippen LogP contribution is -2.25. The van der Waals surface area contributed by atoms with Gasteiger partial charge in [0.05, 0.1) is 25.6 Å². The van der Waals surface area contributed by atoms with Gasteiger partial charge in [0, 0.05) is 27.2 Å². The van der Waals surface area contributed by atoms with E-state index in [1.54, 1.807) is 39.1 Å². The average molecular weight is 621 g/mol. The number of carboxylic acids is 1. The van der Waals surface area contributed by atoms with E-state index in [1.807, 2.05) is 70.2 Å². The van der Waals surface area contributed by atoms with Gasteiger partial charge >= 0.3 is 5.97 Å². The number of carbonyl (C=O) groups excluding carboxylic acids is 1. The summed E-state index contributed by atoms with van der Waals surface area (Å²) in [7, 11) is 6.74. The summed E-state index contributed by atoms with van der Waals surface area (Å²) in [5.74, 6) is 1.25. The maximum absolute atomic E-state index is 12.3. The van der Waals surface area contributed by atoms with Gasteiger partial charge in [0.25, 0.3) is 5.91 Å². The van der Waals surface area contributed by atoms with Crippen LogP contribution in [-0.4, -0.2) is 50.8 Å². The maximum Gasteiger partial charge on any atom is 0.354 e. The van der Waals surface area contributed by atoms with Crippen LogP contribution in [0.4, 0.5) is 0 Å². The van der Waals surface area contributed by atoms with Crippen LogP contribution < -0.4 is 20.5 Å². The highest BCUT2D eigenvalue weighted by Crippen LogP contribution is 2.21. The minimum absolute atomic E-state index is 0.121. The number of hydrogen-bond acceptors (Lipinski definition) is 7. The molecule has 0 bridgehead atoms. The van der Waals surface area contributed by atoms with Crippen molar-refractivity contribution in [1.82, 2.24) is 24.9 Å². The number of aromatic nitrogens is 4. The Hall–Kier alpha value is -4.64. The van der Waals surface area contributed by atoms with Crippen molar-refractivity contribution in [3.05, 3.63) is 93.6 Å². The van der Waals surface area contributed by atoms with E-state index in [-0.39, 0.29) is 17.5 Å². The molecule has 4 rings (SSSR count). The second-order valence-electron chi connectivity index (χ2n) is 11.1. The predicted octanol–water partition coefficient (Wildman–Crippen LogP) is 5.49. The van der Waals surface area contributed by atoms with Crippen LogP contribution in [0, 0.1) is 13.8 Å². The molecule has 0 fully saturated rings. The van der Waals surface area contributed by atoms with Gasteiger partial charge in [0.2, 0.25) is 0 Å². The molecule has 2 aromatic heterocycles. The van der Waals surface area contributed by atoms with Gasteiger partial charge in [-0.1, -0.05) is 52.0 Å². The minimum Gasteiger partial charge on any atom is -0.496 e. The Balaban J connectivity index is 0.000000259. The third-order valence-corrected chi connectivity index (χ3v) is 7.32. The summed E-state index contributed by atoms with van der Waals surface area (Å²) in [6, 6.07) is 15.2. The quantitative estimate of drug-likeness (QED) is 0.223. The van der Waals surface area contributed by atoms with Crippen molar-refractivity contribution in [1.29, 1.82) is 0 Å². The summed E-state index contributed by atoms with van der Waals surface area (Å²) in [5, 5.41) is 20.1. The highest BCUT2D eigenvalue weighted by molar-refractivity contribution is 5.92. The Morgan fingerprint density at radius 3 is 1.67 bits per heavy atom. The van der Waals surface area contributed by atoms with Crippen LogP contribution in [0.25, 0.3) is 0 Å². The number of aromatic carboxylic acids is 1. The van der Waals surface area contributed by atoms with Crippen molar-refractivity contribution in [2.24, 2.45) is 19.8 Å². The molecule has 1 amide bonds. The fourth-order valence-corrected chi connectivity index (χ4v) is 4.40. The molecule has 11 nitrogen and oxygen atoms in total. The van der Waals surface area contributed by atoms with Crippen LogP contribution >= 0.6 is 0 Å². The molecular formula is C34H48N6O5. The number of rotatable bonds is 9. The predicted molar refractivity (Wildman–Crippen MR) is 176 cm³/mol. The third kappa shape index (κ3) is 9.94. The molecule has 45 heavy (non-hydrogen) atoms. The number of carbonyl (C=O) groups is 2. The standard InChI is InChI=1S/C17H23N3O2.C9H13NO.C8H12N2O2/c1-11(2)14-9-15(20(4)19-14)17(21)18-10-13-7-6-8-16(22-5)12(13)3;1-7-8(6-10)4-3-5-9(7)11-2;1-5(2)6-4-7(8(11)12)10(3)9-6/h6-9,11H,10H2,1-5H3,(H,18,21);3-5H,6,10H2,1-2H3;4-5H,1-3H3,(H,11,12). The summed E-state index contributed by atoms with van der Waals surface area (Å²) in [5.41, 5.74) is 12.4. The molecule has 11 heteroatoms. The van der Waals surface area contributed by atoms with E-state index < -0.39 is 5.97 Å². The Kier molecular flexibility index (Phi) is 13.8. The number of methoxy groups -OCH3 is 2. The second-order valence-corrected chi connectivity index (χ2v) is 11.1. The molecule has 0 atom stereocenters. The topological polar surface area (TPSA) is 147 Å². The van der Waals surface area contributed by atoms with E-state index in [2.05, 4.69) is 29.4 Å². The number of amides is 1. The van der Waals surface area contributed by atoms with Crippen molar-refractivity contribution in [3.63, 3.8) is 0 Å². The minimum atomic E-state index is -0.933. The lowest BCUT2D eigenvalue weighted by Gasteiger charge is -2.11. The van der Waals surface area contributed by atoms with Crippen molar-refractivity contribution in [3.8, 4) is 11.5 Å². The first kappa shape index (κ1) is 36.6. The first-order chi connectivity index (χ1) is 21.2. The number of carboxylic acid groups (broad SMARTS) is 1. The van der Waals surface area contributed by atoms with Gasteiger partial charge in [-0.25, -0.2) is 4.79 Å². The highest BCUT2D eigenvalue weighted by Gasteiger charge is 2.16. The van der Waals surface area contributed by atoms with Crippen molar-refractivity contribution < 1.29 is 24.2 Å². The van der Waals surface area contributed by atoms with Crippen molar-refractivity contribution in [2.75, 3.05) is 14.2 Å². The van der Waals surface area contributed by atoms with Crippen LogP contribution in [0.2, 0.25) is 0 Å². The van der Waals surface area contributed by atoms with Gasteiger partial charge in [-0.15, -0.1) is 0 Å². The lowest BCUT2D eigenvalue weighted by molar-refractivity contribution is 0.0684. The van der Waals surface area contributed by atoms with Gasteiger partial charge in [-0.3, -0.25) is 14.2 Å². The fourth-order valence-electron chi connectivity index (χ4n) is 4.40. The number of nitrogens with zero attached hydrogens (tertiary/aromatic N) is 4. The van der Waals surface area contributed by atoms with Crippen LogP contribution in [0.15, 0.2) is 48.5 Å². The Morgan fingerprint density at radius 1 is 0.822 bits per heavy atom. The zero-order valence-electron chi connectivity index (χ0n) is 28.1. The summed E-state index contributed by atoms with van der Waals surface area (Å²) in [6.07, 6.45) is 0. The van der Waals surface area contributed by atoms with E-state index in [0.717, 1.165) is 45.1 Å². The molecular weight excluding hydrogens is 572 g/mol. The second kappa shape index (κ2) is 17.0. The van der Waals surface area contributed by atoms with Gasteiger partial charge in [0.15, 0.2) is 0 Å². The molecule has 0 aliphatic rings. The van der Waals surface area contributed by atoms with Crippen molar-refractivity contribution >= 4 is 11.9 Å². The monoisotopic (exact) mass is 620 g/mol. The third-order valence-electron chi connectivity index (χ3n) is 7.32. The van der Waals surface area contributed by atoms with Crippen molar-refractivity contribution in [2.45, 2.75) is 66.5 Å². The normalized spacial score (nSPS) is 10.5. The van der Waals surface area contributed by atoms with E-state index in [0.29, 0.717) is 24.7 Å². The van der Waals surface area contributed by atoms with E-state index in [1.165, 1.54) is 4.68 Å². The Morgan fingerprint density at radius 2 is 1.27 bits per heavy atom. The Labute approximate surface area is 266 Å². The number of nitrogens with two attached hydrogens (primary N) is 1. The SMILES string of the molecule is CC(C)c1cc(C(=O)O)n(C)n1.COc1cccc(CN)c1C.COc1cccc(CNC(=O)c2cc(C(C)C)nn2C)c1C. The molecule has 244 valence electrons. The molecule has 4 aromatic rings. The van der Waals surface area contributed by atoms with Gasteiger partial charge in [0.1, 0.15) is 22.9 Å². The summed E-state index contributed by atoms with van der Waals surface area (Å²) >= 11 is 0. The largest absolute Gasteiger partial charge is 0.496 e. The average Bonchev–Trinajstić information content (AvgIpc) is 3.60. The molecule has 0 saturated carbocycles. The number of aryl methyl sites for hydroxylation is 2. The number of benzene rings is 2. The molecule has 0 aliphatic heterocycles. The van der Waals surface area contributed by atoms with Gasteiger partial charge < -0.3 is 25.6 Å². The molecule has 0 saturated heterocycles. The van der Waals surface area contributed by atoms with Gasteiger partial charge in [-0.05, 0) is 72.2 Å². The van der Waals surface area contributed by atoms with Crippen LogP contribution in [0.1, 0.15) is 94.1 Å². The smallest absolute Gasteiger partial charge is 0.354 e. The zero-order valence-corrected chi connectivity index (χ0v) is 28.1. The van der Waals surface area contributed by atoms with E-state index in [9.17, 15) is 9.59 Å². The summed E-state index contributed by atoms with van der Waals surface area (Å²) in [6.45, 7) is 13.1. The highest BCUT2D eigenvalue weighted by atomic mass is 16.5. The van der Waals surface area contributed by atoms with Crippen LogP contribution in [-0.2, 0) is 27.2 Å².